The van der Waals surface area contributed by atoms with E-state index >= 15 is 0 Å². The molecule has 0 saturated carbocycles. The van der Waals surface area contributed by atoms with Crippen LogP contribution in [-0.4, -0.2) is 19.8 Å². The molecule has 6 heteroatoms. The standard InChI is InChI=1S/C18H21N5O/c1-12(2)15-5-7-16(8-6-15)23-18(24)20-21-22(23)11-14-4-9-17(19)13(3)10-14/h4-10,12H,11,19H2,1-3H3. The highest BCUT2D eigenvalue weighted by Gasteiger charge is 2.10. The summed E-state index contributed by atoms with van der Waals surface area (Å²) < 4.78 is 1.48. The lowest BCUT2D eigenvalue weighted by molar-refractivity contribution is 0.513. The van der Waals surface area contributed by atoms with Gasteiger partial charge in [-0.15, -0.1) is 0 Å². The molecule has 0 saturated heterocycles. The molecule has 0 atom stereocenters. The summed E-state index contributed by atoms with van der Waals surface area (Å²) >= 11 is 0. The molecule has 2 N–H and O–H groups in total. The summed E-state index contributed by atoms with van der Waals surface area (Å²) in [6, 6.07) is 13.7. The molecule has 0 amide bonds. The Hall–Kier alpha value is -2.89. The number of anilines is 1. The van der Waals surface area contributed by atoms with Crippen molar-refractivity contribution in [2.75, 3.05) is 5.73 Å². The molecule has 3 rings (SSSR count). The zero-order valence-electron chi connectivity index (χ0n) is 14.1. The quantitative estimate of drug-likeness (QED) is 0.748. The number of tetrazole rings is 1. The van der Waals surface area contributed by atoms with E-state index in [9.17, 15) is 4.79 Å². The molecule has 124 valence electrons. The summed E-state index contributed by atoms with van der Waals surface area (Å²) in [7, 11) is 0. The Morgan fingerprint density at radius 2 is 1.83 bits per heavy atom. The maximum Gasteiger partial charge on any atom is 0.388 e. The van der Waals surface area contributed by atoms with Crippen LogP contribution in [0.3, 0.4) is 0 Å². The van der Waals surface area contributed by atoms with Crippen molar-refractivity contribution in [3.8, 4) is 5.69 Å². The van der Waals surface area contributed by atoms with Crippen LogP contribution in [0.1, 0.15) is 36.5 Å². The molecule has 0 aliphatic carbocycles. The summed E-state index contributed by atoms with van der Waals surface area (Å²) in [5.74, 6) is 0.441. The Labute approximate surface area is 140 Å². The zero-order chi connectivity index (χ0) is 17.3. The monoisotopic (exact) mass is 323 g/mol. The second kappa shape index (κ2) is 6.31. The molecular weight excluding hydrogens is 302 g/mol. The number of nitrogens with two attached hydrogens (primary N) is 1. The highest BCUT2D eigenvalue weighted by atomic mass is 16.2. The maximum atomic E-state index is 12.1. The van der Waals surface area contributed by atoms with Crippen molar-refractivity contribution in [3.63, 3.8) is 0 Å². The Morgan fingerprint density at radius 3 is 2.46 bits per heavy atom. The van der Waals surface area contributed by atoms with E-state index in [4.69, 9.17) is 5.73 Å². The number of nitrogen functional groups attached to an aromatic ring is 1. The second-order valence-corrected chi connectivity index (χ2v) is 6.25. The fraction of sp³-hybridized carbons (Fsp3) is 0.278. The van der Waals surface area contributed by atoms with Crippen molar-refractivity contribution in [3.05, 3.63) is 69.6 Å². The second-order valence-electron chi connectivity index (χ2n) is 6.25. The molecule has 1 aromatic heterocycles. The fourth-order valence-corrected chi connectivity index (χ4v) is 2.62. The summed E-state index contributed by atoms with van der Waals surface area (Å²) in [5.41, 5.74) is 10.2. The number of aryl methyl sites for hydroxylation is 1. The van der Waals surface area contributed by atoms with E-state index in [-0.39, 0.29) is 5.69 Å². The zero-order valence-corrected chi connectivity index (χ0v) is 14.1. The van der Waals surface area contributed by atoms with Gasteiger partial charge >= 0.3 is 5.69 Å². The summed E-state index contributed by atoms with van der Waals surface area (Å²) in [5, 5.41) is 7.67. The van der Waals surface area contributed by atoms with E-state index in [1.165, 1.54) is 10.2 Å². The Kier molecular flexibility index (Phi) is 4.20. The first-order valence-electron chi connectivity index (χ1n) is 7.94. The van der Waals surface area contributed by atoms with Crippen molar-refractivity contribution in [2.45, 2.75) is 33.2 Å². The third kappa shape index (κ3) is 3.08. The first-order chi connectivity index (χ1) is 11.5. The van der Waals surface area contributed by atoms with E-state index in [2.05, 4.69) is 24.2 Å². The van der Waals surface area contributed by atoms with Gasteiger partial charge in [0.2, 0.25) is 0 Å². The maximum absolute atomic E-state index is 12.1. The van der Waals surface area contributed by atoms with E-state index in [1.54, 1.807) is 4.80 Å². The fourth-order valence-electron chi connectivity index (χ4n) is 2.62. The molecule has 0 aliphatic rings. The van der Waals surface area contributed by atoms with E-state index in [0.717, 1.165) is 22.5 Å². The van der Waals surface area contributed by atoms with Gasteiger partial charge in [-0.2, -0.15) is 9.48 Å². The number of nitrogens with zero attached hydrogens (tertiary/aromatic N) is 4. The average molecular weight is 323 g/mol. The molecule has 0 radical (unpaired) electrons. The van der Waals surface area contributed by atoms with Gasteiger partial charge in [-0.3, -0.25) is 0 Å². The number of hydrogen-bond donors (Lipinski definition) is 1. The van der Waals surface area contributed by atoms with Crippen LogP contribution in [0.4, 0.5) is 5.69 Å². The first kappa shape index (κ1) is 16.0. The van der Waals surface area contributed by atoms with Crippen LogP contribution in [0.15, 0.2) is 47.3 Å². The van der Waals surface area contributed by atoms with Gasteiger partial charge in [0, 0.05) is 5.69 Å². The van der Waals surface area contributed by atoms with Gasteiger partial charge in [-0.1, -0.05) is 43.2 Å². The van der Waals surface area contributed by atoms with E-state index in [1.807, 2.05) is 49.4 Å². The predicted octanol–water partition coefficient (Wildman–Crippen LogP) is 2.49. The summed E-state index contributed by atoms with van der Waals surface area (Å²) in [6.45, 7) is 6.67. The Balaban J connectivity index is 1.96. The highest BCUT2D eigenvalue weighted by molar-refractivity contribution is 5.47. The Bertz CT molecular complexity index is 906. The number of hydrogen-bond acceptors (Lipinski definition) is 4. The Morgan fingerprint density at radius 1 is 1.12 bits per heavy atom. The van der Waals surface area contributed by atoms with Crippen molar-refractivity contribution in [1.82, 2.24) is 19.8 Å². The molecule has 0 unspecified atom stereocenters. The number of aromatic nitrogens is 4. The molecule has 1 heterocycles. The third-order valence-corrected chi connectivity index (χ3v) is 4.11. The lowest BCUT2D eigenvalue weighted by atomic mass is 10.0. The van der Waals surface area contributed by atoms with Crippen molar-refractivity contribution in [1.29, 1.82) is 0 Å². The molecule has 6 nitrogen and oxygen atoms in total. The molecule has 3 aromatic rings. The normalized spacial score (nSPS) is 11.2. The number of benzene rings is 2. The van der Waals surface area contributed by atoms with Crippen LogP contribution >= 0.6 is 0 Å². The minimum atomic E-state index is -0.389. The highest BCUT2D eigenvalue weighted by Crippen LogP contribution is 2.17. The average Bonchev–Trinajstić information content (AvgIpc) is 2.91. The molecular formula is C18H21N5O. The summed E-state index contributed by atoms with van der Waals surface area (Å²) in [4.78, 5) is 13.7. The van der Waals surface area contributed by atoms with Gasteiger partial charge in [-0.05, 0) is 52.9 Å². The van der Waals surface area contributed by atoms with Crippen LogP contribution in [-0.2, 0) is 6.54 Å². The van der Waals surface area contributed by atoms with Crippen molar-refractivity contribution < 1.29 is 0 Å². The van der Waals surface area contributed by atoms with Crippen molar-refractivity contribution in [2.24, 2.45) is 0 Å². The van der Waals surface area contributed by atoms with Gasteiger partial charge in [0.05, 0.1) is 12.2 Å². The third-order valence-electron chi connectivity index (χ3n) is 4.11. The number of rotatable bonds is 4. The van der Waals surface area contributed by atoms with Gasteiger partial charge in [-0.25, -0.2) is 4.79 Å². The molecule has 0 fully saturated rings. The van der Waals surface area contributed by atoms with Gasteiger partial charge in [0.15, 0.2) is 0 Å². The SMILES string of the molecule is Cc1cc(Cn2nnc(=O)n2-c2ccc(C(C)C)cc2)ccc1N. The lowest BCUT2D eigenvalue weighted by Gasteiger charge is -2.11. The molecule has 2 aromatic carbocycles. The largest absolute Gasteiger partial charge is 0.399 e. The predicted molar refractivity (Wildman–Crippen MR) is 94.4 cm³/mol. The topological polar surface area (TPSA) is 78.7 Å². The smallest absolute Gasteiger partial charge is 0.388 e. The lowest BCUT2D eigenvalue weighted by Crippen LogP contribution is -2.22. The van der Waals surface area contributed by atoms with Crippen molar-refractivity contribution >= 4 is 5.69 Å². The molecule has 0 spiro atoms. The minimum absolute atomic E-state index is 0.389. The minimum Gasteiger partial charge on any atom is -0.399 e. The van der Waals surface area contributed by atoms with Gasteiger partial charge in [0.1, 0.15) is 0 Å². The van der Waals surface area contributed by atoms with Crippen LogP contribution < -0.4 is 11.4 Å². The van der Waals surface area contributed by atoms with Crippen LogP contribution in [0.25, 0.3) is 5.69 Å². The summed E-state index contributed by atoms with van der Waals surface area (Å²) in [6.07, 6.45) is 0. The van der Waals surface area contributed by atoms with E-state index in [0.29, 0.717) is 12.5 Å². The molecule has 24 heavy (non-hydrogen) atoms. The van der Waals surface area contributed by atoms with E-state index < -0.39 is 0 Å². The van der Waals surface area contributed by atoms with Crippen LogP contribution in [0.5, 0.6) is 0 Å². The van der Waals surface area contributed by atoms with Crippen LogP contribution in [0.2, 0.25) is 0 Å². The van der Waals surface area contributed by atoms with Gasteiger partial charge < -0.3 is 5.73 Å². The molecule has 0 aliphatic heterocycles. The molecule has 0 bridgehead atoms. The van der Waals surface area contributed by atoms with Gasteiger partial charge in [0.25, 0.3) is 0 Å². The first-order valence-corrected chi connectivity index (χ1v) is 7.94. The van der Waals surface area contributed by atoms with Crippen LogP contribution in [0, 0.1) is 6.92 Å².